The van der Waals surface area contributed by atoms with Crippen molar-refractivity contribution >= 4 is 16.8 Å². The number of nitrogens with zero attached hydrogens (tertiary/aromatic N) is 1. The molecule has 19 heavy (non-hydrogen) atoms. The lowest BCUT2D eigenvalue weighted by atomic mass is 10.2. The summed E-state index contributed by atoms with van der Waals surface area (Å²) in [6.07, 6.45) is 0.853. The molecule has 0 radical (unpaired) electrons. The summed E-state index contributed by atoms with van der Waals surface area (Å²) in [7, 11) is 1.49. The number of carbonyl (C=O) groups is 1. The van der Waals surface area contributed by atoms with Crippen LogP contribution in [0.1, 0.15) is 0 Å². The first-order valence-corrected chi connectivity index (χ1v) is 5.76. The van der Waals surface area contributed by atoms with Crippen LogP contribution in [0.5, 0.6) is 5.75 Å². The van der Waals surface area contributed by atoms with Gasteiger partial charge in [-0.1, -0.05) is 18.2 Å². The van der Waals surface area contributed by atoms with Crippen molar-refractivity contribution in [2.24, 2.45) is 5.84 Å². The van der Waals surface area contributed by atoms with Gasteiger partial charge in [0.05, 0.1) is 6.61 Å². The van der Waals surface area contributed by atoms with Crippen LogP contribution in [0.15, 0.2) is 36.5 Å². The lowest BCUT2D eigenvalue weighted by molar-refractivity contribution is -0.130. The SMILES string of the molecule is COCC(Oc1cccc2cccnc12)C(=O)NN. The van der Waals surface area contributed by atoms with E-state index in [4.69, 9.17) is 15.3 Å². The molecule has 100 valence electrons. The number of nitrogens with one attached hydrogen (secondary N) is 1. The fraction of sp³-hybridized carbons (Fsp3) is 0.231. The number of amides is 1. The molecule has 2 rings (SSSR count). The number of nitrogens with two attached hydrogens (primary N) is 1. The van der Waals surface area contributed by atoms with Gasteiger partial charge in [-0.15, -0.1) is 0 Å². The molecule has 0 saturated heterocycles. The quantitative estimate of drug-likeness (QED) is 0.468. The van der Waals surface area contributed by atoms with Gasteiger partial charge in [0.2, 0.25) is 6.10 Å². The molecule has 1 atom stereocenters. The molecule has 0 aliphatic rings. The van der Waals surface area contributed by atoms with Crippen molar-refractivity contribution in [3.8, 4) is 5.75 Å². The van der Waals surface area contributed by atoms with Crippen LogP contribution in [0.25, 0.3) is 10.9 Å². The van der Waals surface area contributed by atoms with E-state index < -0.39 is 12.0 Å². The third-order valence-corrected chi connectivity index (χ3v) is 2.62. The van der Waals surface area contributed by atoms with Crippen LogP contribution in [0.4, 0.5) is 0 Å². The van der Waals surface area contributed by atoms with E-state index in [2.05, 4.69) is 10.4 Å². The summed E-state index contributed by atoms with van der Waals surface area (Å²) >= 11 is 0. The first-order valence-electron chi connectivity index (χ1n) is 5.76. The van der Waals surface area contributed by atoms with Gasteiger partial charge in [0.1, 0.15) is 11.3 Å². The van der Waals surface area contributed by atoms with Gasteiger partial charge in [-0.25, -0.2) is 5.84 Å². The van der Waals surface area contributed by atoms with Crippen molar-refractivity contribution in [3.63, 3.8) is 0 Å². The number of aromatic nitrogens is 1. The fourth-order valence-corrected chi connectivity index (χ4v) is 1.73. The summed E-state index contributed by atoms with van der Waals surface area (Å²) in [4.78, 5) is 15.8. The third kappa shape index (κ3) is 2.98. The molecule has 3 N–H and O–H groups in total. The summed E-state index contributed by atoms with van der Waals surface area (Å²) in [6, 6.07) is 9.27. The Hall–Kier alpha value is -2.18. The third-order valence-electron chi connectivity index (χ3n) is 2.62. The average molecular weight is 261 g/mol. The van der Waals surface area contributed by atoms with Crippen LogP contribution in [-0.2, 0) is 9.53 Å². The Morgan fingerprint density at radius 2 is 2.21 bits per heavy atom. The van der Waals surface area contributed by atoms with E-state index in [9.17, 15) is 4.79 Å². The minimum atomic E-state index is -0.817. The number of hydrogen-bond acceptors (Lipinski definition) is 5. The Balaban J connectivity index is 2.31. The summed E-state index contributed by atoms with van der Waals surface area (Å²) < 4.78 is 10.6. The van der Waals surface area contributed by atoms with E-state index >= 15 is 0 Å². The van der Waals surface area contributed by atoms with Crippen LogP contribution >= 0.6 is 0 Å². The van der Waals surface area contributed by atoms with E-state index in [0.717, 1.165) is 5.39 Å². The highest BCUT2D eigenvalue weighted by molar-refractivity contribution is 5.85. The maximum atomic E-state index is 11.6. The predicted molar refractivity (Wildman–Crippen MR) is 70.4 cm³/mol. The summed E-state index contributed by atoms with van der Waals surface area (Å²) in [5.74, 6) is 5.19. The Morgan fingerprint density at radius 1 is 1.42 bits per heavy atom. The Kier molecular flexibility index (Phi) is 4.27. The molecule has 0 saturated carbocycles. The fourth-order valence-electron chi connectivity index (χ4n) is 1.73. The summed E-state index contributed by atoms with van der Waals surface area (Å²) in [5.41, 5.74) is 2.74. The highest BCUT2D eigenvalue weighted by atomic mass is 16.5. The number of ether oxygens (including phenoxy) is 2. The molecule has 6 nitrogen and oxygen atoms in total. The van der Waals surface area contributed by atoms with Crippen molar-refractivity contribution in [2.45, 2.75) is 6.10 Å². The van der Waals surface area contributed by atoms with Gasteiger partial charge in [0.15, 0.2) is 0 Å². The topological polar surface area (TPSA) is 86.5 Å². The molecule has 0 aliphatic carbocycles. The Bertz CT molecular complexity index is 569. The number of methoxy groups -OCH3 is 1. The normalized spacial score (nSPS) is 12.1. The highest BCUT2D eigenvalue weighted by Gasteiger charge is 2.20. The van der Waals surface area contributed by atoms with Crippen LogP contribution in [0.3, 0.4) is 0 Å². The zero-order valence-electron chi connectivity index (χ0n) is 10.5. The number of carbonyl (C=O) groups excluding carboxylic acids is 1. The molecule has 1 aromatic carbocycles. The van der Waals surface area contributed by atoms with Crippen LogP contribution in [0, 0.1) is 0 Å². The lowest BCUT2D eigenvalue weighted by Gasteiger charge is -2.17. The standard InChI is InChI=1S/C13H15N3O3/c1-18-8-11(13(17)16-14)19-10-6-2-4-9-5-3-7-15-12(9)10/h2-7,11H,8,14H2,1H3,(H,16,17). The van der Waals surface area contributed by atoms with Gasteiger partial charge in [0, 0.05) is 18.7 Å². The largest absolute Gasteiger partial charge is 0.476 e. The van der Waals surface area contributed by atoms with Gasteiger partial charge in [0.25, 0.3) is 5.91 Å². The number of pyridine rings is 1. The van der Waals surface area contributed by atoms with Gasteiger partial charge < -0.3 is 9.47 Å². The van der Waals surface area contributed by atoms with Gasteiger partial charge in [-0.3, -0.25) is 15.2 Å². The number of para-hydroxylation sites is 1. The molecule has 1 aromatic heterocycles. The molecule has 1 unspecified atom stereocenters. The predicted octanol–water partition coefficient (Wildman–Crippen LogP) is 0.619. The molecular weight excluding hydrogens is 246 g/mol. The van der Waals surface area contributed by atoms with Gasteiger partial charge in [-0.2, -0.15) is 0 Å². The van der Waals surface area contributed by atoms with E-state index in [-0.39, 0.29) is 6.61 Å². The Morgan fingerprint density at radius 3 is 2.95 bits per heavy atom. The van der Waals surface area contributed by atoms with E-state index in [1.165, 1.54) is 7.11 Å². The molecule has 1 amide bonds. The molecule has 0 fully saturated rings. The second-order valence-corrected chi connectivity index (χ2v) is 3.90. The van der Waals surface area contributed by atoms with Crippen molar-refractivity contribution < 1.29 is 14.3 Å². The van der Waals surface area contributed by atoms with E-state index in [1.54, 1.807) is 12.3 Å². The Labute approximate surface area is 110 Å². The molecule has 1 heterocycles. The number of hydrazine groups is 1. The molecule has 2 aromatic rings. The van der Waals surface area contributed by atoms with Crippen LogP contribution in [0.2, 0.25) is 0 Å². The molecule has 6 heteroatoms. The second-order valence-electron chi connectivity index (χ2n) is 3.90. The zero-order valence-corrected chi connectivity index (χ0v) is 10.5. The average Bonchev–Trinajstić information content (AvgIpc) is 2.46. The number of benzene rings is 1. The van der Waals surface area contributed by atoms with E-state index in [1.807, 2.05) is 24.3 Å². The second kappa shape index (κ2) is 6.12. The molecule has 0 bridgehead atoms. The number of fused-ring (bicyclic) bond motifs is 1. The van der Waals surface area contributed by atoms with Crippen LogP contribution < -0.4 is 16.0 Å². The monoisotopic (exact) mass is 261 g/mol. The van der Waals surface area contributed by atoms with Crippen molar-refractivity contribution in [1.29, 1.82) is 0 Å². The first kappa shape index (κ1) is 13.3. The molecule has 0 aliphatic heterocycles. The lowest BCUT2D eigenvalue weighted by Crippen LogP contribution is -2.44. The minimum Gasteiger partial charge on any atom is -0.476 e. The molecular formula is C13H15N3O3. The maximum Gasteiger partial charge on any atom is 0.277 e. The maximum absolute atomic E-state index is 11.6. The van der Waals surface area contributed by atoms with E-state index in [0.29, 0.717) is 11.3 Å². The molecule has 0 spiro atoms. The van der Waals surface area contributed by atoms with Gasteiger partial charge in [-0.05, 0) is 12.1 Å². The van der Waals surface area contributed by atoms with Crippen molar-refractivity contribution in [1.82, 2.24) is 10.4 Å². The number of rotatable bonds is 5. The minimum absolute atomic E-state index is 0.103. The highest BCUT2D eigenvalue weighted by Crippen LogP contribution is 2.23. The smallest absolute Gasteiger partial charge is 0.277 e. The van der Waals surface area contributed by atoms with Crippen molar-refractivity contribution in [3.05, 3.63) is 36.5 Å². The van der Waals surface area contributed by atoms with Gasteiger partial charge >= 0.3 is 0 Å². The summed E-state index contributed by atoms with van der Waals surface area (Å²) in [5, 5.41) is 0.935. The first-order chi connectivity index (χ1) is 9.26. The van der Waals surface area contributed by atoms with Crippen molar-refractivity contribution in [2.75, 3.05) is 13.7 Å². The van der Waals surface area contributed by atoms with Crippen LogP contribution in [-0.4, -0.2) is 30.7 Å². The summed E-state index contributed by atoms with van der Waals surface area (Å²) in [6.45, 7) is 0.103. The number of hydrogen-bond donors (Lipinski definition) is 2. The zero-order chi connectivity index (χ0) is 13.7.